The lowest BCUT2D eigenvalue weighted by atomic mass is 10.1. The van der Waals surface area contributed by atoms with Crippen molar-refractivity contribution in [2.75, 3.05) is 6.61 Å². The Bertz CT molecular complexity index is 596. The van der Waals surface area contributed by atoms with Crippen LogP contribution < -0.4 is 4.74 Å². The third-order valence-corrected chi connectivity index (χ3v) is 3.23. The van der Waals surface area contributed by atoms with Crippen LogP contribution in [-0.4, -0.2) is 22.6 Å². The predicted octanol–water partition coefficient (Wildman–Crippen LogP) is 3.39. The molecular weight excluding hydrogens is 266 g/mol. The zero-order chi connectivity index (χ0) is 15.1. The van der Waals surface area contributed by atoms with Gasteiger partial charge in [-0.2, -0.15) is 0 Å². The Hall–Kier alpha value is -2.33. The summed E-state index contributed by atoms with van der Waals surface area (Å²) in [6.45, 7) is 2.05. The summed E-state index contributed by atoms with van der Waals surface area (Å²) in [7, 11) is 0. The Morgan fingerprint density at radius 3 is 2.43 bits per heavy atom. The van der Waals surface area contributed by atoms with Crippen LogP contribution in [0.15, 0.2) is 59.8 Å². The number of hydrogen-bond donors (Lipinski definition) is 2. The molecule has 2 aromatic rings. The van der Waals surface area contributed by atoms with Gasteiger partial charge in [-0.05, 0) is 24.1 Å². The van der Waals surface area contributed by atoms with Crippen LogP contribution in [0.3, 0.4) is 0 Å². The molecule has 0 fully saturated rings. The van der Waals surface area contributed by atoms with E-state index in [-0.39, 0.29) is 6.61 Å². The molecule has 1 unspecified atom stereocenters. The second-order valence-corrected chi connectivity index (χ2v) is 4.63. The summed E-state index contributed by atoms with van der Waals surface area (Å²) in [5, 5.41) is 22.5. The van der Waals surface area contributed by atoms with Crippen molar-refractivity contribution in [1.29, 1.82) is 0 Å². The molecule has 110 valence electrons. The van der Waals surface area contributed by atoms with Crippen molar-refractivity contribution in [1.82, 2.24) is 0 Å². The smallest absolute Gasteiger partial charge is 0.128 e. The highest BCUT2D eigenvalue weighted by Gasteiger charge is 2.12. The molecule has 2 N–H and O–H groups in total. The van der Waals surface area contributed by atoms with E-state index in [0.717, 1.165) is 11.1 Å². The van der Waals surface area contributed by atoms with Gasteiger partial charge in [0.1, 0.15) is 18.5 Å². The van der Waals surface area contributed by atoms with E-state index in [1.807, 2.05) is 55.5 Å². The summed E-state index contributed by atoms with van der Waals surface area (Å²) in [4.78, 5) is 0. The van der Waals surface area contributed by atoms with Crippen LogP contribution in [0.1, 0.15) is 30.6 Å². The van der Waals surface area contributed by atoms with E-state index < -0.39 is 6.10 Å². The van der Waals surface area contributed by atoms with Crippen molar-refractivity contribution in [2.24, 2.45) is 5.16 Å². The van der Waals surface area contributed by atoms with Crippen LogP contribution in [0, 0.1) is 0 Å². The van der Waals surface area contributed by atoms with E-state index >= 15 is 0 Å². The van der Waals surface area contributed by atoms with Crippen LogP contribution in [0.5, 0.6) is 5.75 Å². The SMILES string of the molecule is CC/C(=N\O)c1ccccc1OCC(O)c1ccccc1. The molecule has 2 aromatic carbocycles. The molecule has 0 spiro atoms. The van der Waals surface area contributed by atoms with Crippen LogP contribution >= 0.6 is 0 Å². The average molecular weight is 285 g/mol. The maximum atomic E-state index is 10.1. The molecule has 0 saturated heterocycles. The monoisotopic (exact) mass is 285 g/mol. The first-order valence-electron chi connectivity index (χ1n) is 6.92. The molecule has 21 heavy (non-hydrogen) atoms. The lowest BCUT2D eigenvalue weighted by Gasteiger charge is -2.15. The molecule has 0 aliphatic rings. The highest BCUT2D eigenvalue weighted by atomic mass is 16.5. The Balaban J connectivity index is 2.10. The van der Waals surface area contributed by atoms with E-state index in [2.05, 4.69) is 5.16 Å². The Labute approximate surface area is 124 Å². The molecule has 0 aliphatic heterocycles. The van der Waals surface area contributed by atoms with Gasteiger partial charge in [-0.1, -0.05) is 54.5 Å². The third-order valence-electron chi connectivity index (χ3n) is 3.23. The maximum Gasteiger partial charge on any atom is 0.128 e. The number of ether oxygens (including phenoxy) is 1. The molecule has 4 nitrogen and oxygen atoms in total. The molecule has 4 heteroatoms. The summed E-state index contributed by atoms with van der Waals surface area (Å²) < 4.78 is 5.70. The topological polar surface area (TPSA) is 62.1 Å². The van der Waals surface area contributed by atoms with Crippen molar-refractivity contribution in [3.8, 4) is 5.75 Å². The lowest BCUT2D eigenvalue weighted by Crippen LogP contribution is -2.12. The fourth-order valence-corrected chi connectivity index (χ4v) is 2.09. The van der Waals surface area contributed by atoms with Crippen LogP contribution in [0.2, 0.25) is 0 Å². The summed E-state index contributed by atoms with van der Waals surface area (Å²) in [5.74, 6) is 0.599. The molecule has 2 rings (SSSR count). The second-order valence-electron chi connectivity index (χ2n) is 4.63. The molecule has 0 radical (unpaired) electrons. The van der Waals surface area contributed by atoms with Gasteiger partial charge >= 0.3 is 0 Å². The number of rotatable bonds is 6. The quantitative estimate of drug-likeness (QED) is 0.486. The molecule has 0 bridgehead atoms. The zero-order valence-electron chi connectivity index (χ0n) is 11.9. The minimum atomic E-state index is -0.699. The summed E-state index contributed by atoms with van der Waals surface area (Å²) in [6.07, 6.45) is -0.103. The predicted molar refractivity (Wildman–Crippen MR) is 82.0 cm³/mol. The third kappa shape index (κ3) is 3.83. The van der Waals surface area contributed by atoms with Gasteiger partial charge in [-0.15, -0.1) is 0 Å². The molecule has 0 heterocycles. The summed E-state index contributed by atoms with van der Waals surface area (Å²) >= 11 is 0. The maximum absolute atomic E-state index is 10.1. The summed E-state index contributed by atoms with van der Waals surface area (Å²) in [5.41, 5.74) is 2.10. The summed E-state index contributed by atoms with van der Waals surface area (Å²) in [6, 6.07) is 16.7. The fourth-order valence-electron chi connectivity index (χ4n) is 2.09. The molecule has 0 aliphatic carbocycles. The first-order chi connectivity index (χ1) is 10.3. The van der Waals surface area contributed by atoms with Crippen molar-refractivity contribution >= 4 is 5.71 Å². The minimum absolute atomic E-state index is 0.142. The van der Waals surface area contributed by atoms with Crippen LogP contribution in [0.4, 0.5) is 0 Å². The van der Waals surface area contributed by atoms with Crippen molar-refractivity contribution in [2.45, 2.75) is 19.4 Å². The van der Waals surface area contributed by atoms with Crippen molar-refractivity contribution < 1.29 is 15.1 Å². The van der Waals surface area contributed by atoms with E-state index in [4.69, 9.17) is 9.94 Å². The van der Waals surface area contributed by atoms with E-state index in [1.54, 1.807) is 6.07 Å². The van der Waals surface area contributed by atoms with E-state index in [0.29, 0.717) is 17.9 Å². The largest absolute Gasteiger partial charge is 0.490 e. The molecular formula is C17H19NO3. The zero-order valence-corrected chi connectivity index (χ0v) is 11.9. The first kappa shape index (κ1) is 15.1. The van der Waals surface area contributed by atoms with Gasteiger partial charge in [-0.3, -0.25) is 0 Å². The molecule has 0 saturated carbocycles. The number of hydrogen-bond acceptors (Lipinski definition) is 4. The van der Waals surface area contributed by atoms with E-state index in [9.17, 15) is 5.11 Å². The van der Waals surface area contributed by atoms with Gasteiger partial charge in [0.15, 0.2) is 0 Å². The first-order valence-corrected chi connectivity index (χ1v) is 6.92. The highest BCUT2D eigenvalue weighted by Crippen LogP contribution is 2.22. The number of aliphatic hydroxyl groups is 1. The number of benzene rings is 2. The standard InChI is InChI=1S/C17H19NO3/c1-2-15(18-20)14-10-6-7-11-17(14)21-12-16(19)13-8-4-3-5-9-13/h3-11,16,19-20H,2,12H2,1H3/b18-15+. The van der Waals surface area contributed by atoms with Gasteiger partial charge in [0.2, 0.25) is 0 Å². The van der Waals surface area contributed by atoms with Crippen molar-refractivity contribution in [3.05, 3.63) is 65.7 Å². The number of oxime groups is 1. The molecule has 0 aromatic heterocycles. The lowest BCUT2D eigenvalue weighted by molar-refractivity contribution is 0.108. The number of aliphatic hydroxyl groups excluding tert-OH is 1. The van der Waals surface area contributed by atoms with Gasteiger partial charge in [0.05, 0.1) is 5.71 Å². The average Bonchev–Trinajstić information content (AvgIpc) is 2.55. The fraction of sp³-hybridized carbons (Fsp3) is 0.235. The normalized spacial score (nSPS) is 13.0. The Morgan fingerprint density at radius 1 is 1.10 bits per heavy atom. The second kappa shape index (κ2) is 7.45. The number of nitrogens with zero attached hydrogens (tertiary/aromatic N) is 1. The van der Waals surface area contributed by atoms with Gasteiger partial charge in [0, 0.05) is 5.56 Å². The minimum Gasteiger partial charge on any atom is -0.490 e. The van der Waals surface area contributed by atoms with E-state index in [1.165, 1.54) is 0 Å². The Kier molecular flexibility index (Phi) is 5.35. The van der Waals surface area contributed by atoms with Crippen LogP contribution in [-0.2, 0) is 0 Å². The van der Waals surface area contributed by atoms with Crippen LogP contribution in [0.25, 0.3) is 0 Å². The van der Waals surface area contributed by atoms with Crippen molar-refractivity contribution in [3.63, 3.8) is 0 Å². The molecule has 1 atom stereocenters. The molecule has 0 amide bonds. The highest BCUT2D eigenvalue weighted by molar-refractivity contribution is 6.02. The number of para-hydroxylation sites is 1. The van der Waals surface area contributed by atoms with Gasteiger partial charge in [-0.25, -0.2) is 0 Å². The van der Waals surface area contributed by atoms with Gasteiger partial charge < -0.3 is 15.1 Å². The Morgan fingerprint density at radius 2 is 1.76 bits per heavy atom. The van der Waals surface area contributed by atoms with Gasteiger partial charge in [0.25, 0.3) is 0 Å².